The second-order valence-corrected chi connectivity index (χ2v) is 7.19. The summed E-state index contributed by atoms with van der Waals surface area (Å²) in [6, 6.07) is 9.17. The van der Waals surface area contributed by atoms with Crippen molar-refractivity contribution in [3.05, 3.63) is 47.4 Å². The van der Waals surface area contributed by atoms with Crippen LogP contribution in [0.4, 0.5) is 5.82 Å². The summed E-state index contributed by atoms with van der Waals surface area (Å²) in [5.41, 5.74) is 1.13. The first-order valence-electron chi connectivity index (χ1n) is 8.84. The molecule has 6 heteroatoms. The number of rotatable bonds is 6. The first kappa shape index (κ1) is 16.6. The normalized spacial score (nSPS) is 20.6. The van der Waals surface area contributed by atoms with Crippen molar-refractivity contribution in [1.82, 2.24) is 14.9 Å². The van der Waals surface area contributed by atoms with E-state index in [9.17, 15) is 0 Å². The minimum absolute atomic E-state index is 0.506. The molecule has 5 nitrogen and oxygen atoms in total. The smallest absolute Gasteiger partial charge is 0.137 e. The maximum atomic E-state index is 6.46. The minimum atomic E-state index is 0.506. The Bertz CT molecular complexity index is 723. The molecule has 132 valence electrons. The number of likely N-dealkylation sites (tertiary alicyclic amines) is 1. The Morgan fingerprint density at radius 1 is 1.24 bits per heavy atom. The first-order valence-corrected chi connectivity index (χ1v) is 9.22. The Kier molecular flexibility index (Phi) is 4.77. The van der Waals surface area contributed by atoms with Gasteiger partial charge in [0.15, 0.2) is 0 Å². The molecule has 0 spiro atoms. The highest BCUT2D eigenvalue weighted by atomic mass is 35.5. The van der Waals surface area contributed by atoms with Crippen LogP contribution in [0.5, 0.6) is 5.75 Å². The first-order chi connectivity index (χ1) is 12.3. The molecular weight excluding hydrogens is 336 g/mol. The van der Waals surface area contributed by atoms with E-state index in [-0.39, 0.29) is 0 Å². The van der Waals surface area contributed by atoms with Gasteiger partial charge >= 0.3 is 0 Å². The summed E-state index contributed by atoms with van der Waals surface area (Å²) in [6.07, 6.45) is 7.17. The summed E-state index contributed by atoms with van der Waals surface area (Å²) >= 11 is 6.46. The molecule has 2 fully saturated rings. The molecule has 0 radical (unpaired) electrons. The van der Waals surface area contributed by atoms with E-state index in [0.717, 1.165) is 48.2 Å². The monoisotopic (exact) mass is 358 g/mol. The molecule has 1 saturated heterocycles. The highest BCUT2D eigenvalue weighted by Gasteiger charge is 2.38. The molecule has 1 saturated carbocycles. The van der Waals surface area contributed by atoms with Crippen LogP contribution in [-0.4, -0.2) is 47.2 Å². The van der Waals surface area contributed by atoms with E-state index in [1.165, 1.54) is 12.8 Å². The van der Waals surface area contributed by atoms with Crippen LogP contribution in [0.15, 0.2) is 36.8 Å². The number of ether oxygens (including phenoxy) is 1. The second-order valence-electron chi connectivity index (χ2n) is 6.82. The van der Waals surface area contributed by atoms with Gasteiger partial charge in [-0.3, -0.25) is 4.90 Å². The fraction of sp³-hybridized carbons (Fsp3) is 0.474. The average Bonchev–Trinajstić information content (AvgIpc) is 3.37. The molecule has 2 heterocycles. The lowest BCUT2D eigenvalue weighted by Crippen LogP contribution is -2.39. The quantitative estimate of drug-likeness (QED) is 0.791. The number of hydrogen-bond acceptors (Lipinski definition) is 5. The molecule has 1 aromatic carbocycles. The third-order valence-corrected chi connectivity index (χ3v) is 5.50. The highest BCUT2D eigenvalue weighted by molar-refractivity contribution is 6.32. The van der Waals surface area contributed by atoms with Gasteiger partial charge in [0, 0.05) is 37.9 Å². The SMILES string of the molecule is COc1cccc(CN2CCC(N(c3ccncn3)C3CC3)C2)c1Cl. The summed E-state index contributed by atoms with van der Waals surface area (Å²) in [4.78, 5) is 13.5. The van der Waals surface area contributed by atoms with Gasteiger partial charge in [-0.05, 0) is 37.0 Å². The van der Waals surface area contributed by atoms with E-state index in [2.05, 4.69) is 25.8 Å². The third kappa shape index (κ3) is 3.58. The molecule has 1 unspecified atom stereocenters. The summed E-state index contributed by atoms with van der Waals surface area (Å²) in [7, 11) is 1.66. The average molecular weight is 359 g/mol. The highest BCUT2D eigenvalue weighted by Crippen LogP contribution is 2.35. The van der Waals surface area contributed by atoms with E-state index in [0.29, 0.717) is 12.1 Å². The summed E-state index contributed by atoms with van der Waals surface area (Å²) < 4.78 is 5.33. The number of nitrogens with zero attached hydrogens (tertiary/aromatic N) is 4. The zero-order valence-electron chi connectivity index (χ0n) is 14.4. The van der Waals surface area contributed by atoms with Crippen molar-refractivity contribution in [3.8, 4) is 5.75 Å². The maximum absolute atomic E-state index is 6.46. The van der Waals surface area contributed by atoms with Gasteiger partial charge in [-0.15, -0.1) is 0 Å². The second kappa shape index (κ2) is 7.18. The van der Waals surface area contributed by atoms with Crippen LogP contribution < -0.4 is 9.64 Å². The van der Waals surface area contributed by atoms with Gasteiger partial charge in [-0.2, -0.15) is 0 Å². The van der Waals surface area contributed by atoms with Crippen LogP contribution in [0.1, 0.15) is 24.8 Å². The molecule has 2 aliphatic rings. The molecule has 2 aromatic rings. The van der Waals surface area contributed by atoms with E-state index in [1.54, 1.807) is 13.4 Å². The van der Waals surface area contributed by atoms with Gasteiger partial charge in [-0.25, -0.2) is 9.97 Å². The largest absolute Gasteiger partial charge is 0.495 e. The van der Waals surface area contributed by atoms with Crippen LogP contribution in [-0.2, 0) is 6.54 Å². The van der Waals surface area contributed by atoms with Crippen molar-refractivity contribution >= 4 is 17.4 Å². The lowest BCUT2D eigenvalue weighted by atomic mass is 10.2. The van der Waals surface area contributed by atoms with Crippen LogP contribution in [0, 0.1) is 0 Å². The molecule has 25 heavy (non-hydrogen) atoms. The van der Waals surface area contributed by atoms with Crippen LogP contribution in [0.25, 0.3) is 0 Å². The molecule has 1 aliphatic carbocycles. The standard InChI is InChI=1S/C19H23ClN4O/c1-25-17-4-2-3-14(19(17)20)11-23-10-8-16(12-23)24(15-5-6-15)18-7-9-21-13-22-18/h2-4,7,9,13,15-16H,5-6,8,10-12H2,1H3. The van der Waals surface area contributed by atoms with Gasteiger partial charge in [0.1, 0.15) is 17.9 Å². The van der Waals surface area contributed by atoms with Crippen molar-refractivity contribution in [1.29, 1.82) is 0 Å². The third-order valence-electron chi connectivity index (χ3n) is 5.07. The maximum Gasteiger partial charge on any atom is 0.137 e. The summed E-state index contributed by atoms with van der Waals surface area (Å²) in [5, 5.41) is 0.725. The van der Waals surface area contributed by atoms with Crippen LogP contribution in [0.3, 0.4) is 0 Å². The van der Waals surface area contributed by atoms with Gasteiger partial charge < -0.3 is 9.64 Å². The topological polar surface area (TPSA) is 41.5 Å². The number of anilines is 1. The number of hydrogen-bond donors (Lipinski definition) is 0. The predicted octanol–water partition coefficient (Wildman–Crippen LogP) is 3.38. The zero-order chi connectivity index (χ0) is 17.2. The molecule has 0 N–H and O–H groups in total. The van der Waals surface area contributed by atoms with Gasteiger partial charge in [0.05, 0.1) is 12.1 Å². The fourth-order valence-electron chi connectivity index (χ4n) is 3.72. The molecule has 0 bridgehead atoms. The van der Waals surface area contributed by atoms with Gasteiger partial charge in [0.25, 0.3) is 0 Å². The fourth-order valence-corrected chi connectivity index (χ4v) is 3.98. The molecule has 1 aliphatic heterocycles. The Balaban J connectivity index is 1.46. The Morgan fingerprint density at radius 3 is 2.84 bits per heavy atom. The Labute approximate surface area is 153 Å². The van der Waals surface area contributed by atoms with E-state index in [4.69, 9.17) is 16.3 Å². The van der Waals surface area contributed by atoms with Crippen molar-refractivity contribution in [2.45, 2.75) is 37.9 Å². The molecule has 1 aromatic heterocycles. The van der Waals surface area contributed by atoms with Crippen molar-refractivity contribution < 1.29 is 4.74 Å². The van der Waals surface area contributed by atoms with E-state index >= 15 is 0 Å². The van der Waals surface area contributed by atoms with Crippen molar-refractivity contribution in [2.75, 3.05) is 25.1 Å². The van der Waals surface area contributed by atoms with Gasteiger partial charge in [0.2, 0.25) is 0 Å². The molecule has 0 amide bonds. The lowest BCUT2D eigenvalue weighted by Gasteiger charge is -2.30. The van der Waals surface area contributed by atoms with Crippen molar-refractivity contribution in [2.24, 2.45) is 0 Å². The minimum Gasteiger partial charge on any atom is -0.495 e. The molecule has 1 atom stereocenters. The van der Waals surface area contributed by atoms with E-state index in [1.807, 2.05) is 24.4 Å². The number of halogens is 1. The van der Waals surface area contributed by atoms with Crippen molar-refractivity contribution in [3.63, 3.8) is 0 Å². The van der Waals surface area contributed by atoms with Crippen LogP contribution >= 0.6 is 11.6 Å². The number of benzene rings is 1. The van der Waals surface area contributed by atoms with E-state index < -0.39 is 0 Å². The predicted molar refractivity (Wildman–Crippen MR) is 99.2 cm³/mol. The van der Waals surface area contributed by atoms with Crippen LogP contribution in [0.2, 0.25) is 5.02 Å². The number of aromatic nitrogens is 2. The summed E-state index contributed by atoms with van der Waals surface area (Å²) in [5.74, 6) is 1.80. The molecular formula is C19H23ClN4O. The molecule has 4 rings (SSSR count). The Hall–Kier alpha value is -1.85. The summed E-state index contributed by atoms with van der Waals surface area (Å²) in [6.45, 7) is 2.97. The lowest BCUT2D eigenvalue weighted by molar-refractivity contribution is 0.323. The number of methoxy groups -OCH3 is 1. The van der Waals surface area contributed by atoms with Gasteiger partial charge in [-0.1, -0.05) is 23.7 Å². The zero-order valence-corrected chi connectivity index (χ0v) is 15.2. The Morgan fingerprint density at radius 2 is 2.12 bits per heavy atom.